The number of likely N-dealkylation sites (tertiary alicyclic amines) is 1. The van der Waals surface area contributed by atoms with Gasteiger partial charge in [-0.05, 0) is 50.8 Å². The van der Waals surface area contributed by atoms with Crippen molar-refractivity contribution in [3.8, 4) is 5.75 Å². The summed E-state index contributed by atoms with van der Waals surface area (Å²) in [6.07, 6.45) is 5.95. The topological polar surface area (TPSA) is 49.8 Å². The fourth-order valence-electron chi connectivity index (χ4n) is 4.62. The van der Waals surface area contributed by atoms with E-state index in [1.54, 1.807) is 6.07 Å². The van der Waals surface area contributed by atoms with Crippen LogP contribution < -0.4 is 4.74 Å². The molecule has 4 nitrogen and oxygen atoms in total. The predicted octanol–water partition coefficient (Wildman–Crippen LogP) is 3.31. The summed E-state index contributed by atoms with van der Waals surface area (Å²) in [6, 6.07) is 4.36. The number of methoxy groups -OCH3 is 1. The number of halogens is 1. The number of ether oxygens (including phenoxy) is 1. The second-order valence-electron chi connectivity index (χ2n) is 7.64. The van der Waals surface area contributed by atoms with Gasteiger partial charge in [-0.1, -0.05) is 12.8 Å². The van der Waals surface area contributed by atoms with Gasteiger partial charge in [-0.3, -0.25) is 4.79 Å². The molecule has 1 saturated heterocycles. The number of carbonyl (C=O) groups excluding carboxylic acids is 1. The molecule has 1 aromatic carbocycles. The largest absolute Gasteiger partial charge is 0.496 e. The molecule has 1 amide bonds. The second kappa shape index (κ2) is 7.32. The highest BCUT2D eigenvalue weighted by molar-refractivity contribution is 5.80. The third-order valence-corrected chi connectivity index (χ3v) is 5.92. The molecular formula is C20H28FNO3. The summed E-state index contributed by atoms with van der Waals surface area (Å²) < 4.78 is 18.8. The Morgan fingerprint density at radius 1 is 1.36 bits per heavy atom. The Morgan fingerprint density at radius 2 is 2.16 bits per heavy atom. The third kappa shape index (κ3) is 3.81. The predicted molar refractivity (Wildman–Crippen MR) is 94.0 cm³/mol. The van der Waals surface area contributed by atoms with Crippen molar-refractivity contribution in [2.24, 2.45) is 5.92 Å². The van der Waals surface area contributed by atoms with Crippen molar-refractivity contribution < 1.29 is 19.0 Å². The van der Waals surface area contributed by atoms with E-state index in [9.17, 15) is 14.3 Å². The maximum Gasteiger partial charge on any atom is 0.227 e. The van der Waals surface area contributed by atoms with E-state index in [4.69, 9.17) is 4.74 Å². The monoisotopic (exact) mass is 349 g/mol. The van der Waals surface area contributed by atoms with E-state index in [0.29, 0.717) is 17.9 Å². The Bertz CT molecular complexity index is 631. The highest BCUT2D eigenvalue weighted by atomic mass is 19.1. The highest BCUT2D eigenvalue weighted by Crippen LogP contribution is 2.41. The van der Waals surface area contributed by atoms with Crippen molar-refractivity contribution >= 4 is 5.91 Å². The lowest BCUT2D eigenvalue weighted by Gasteiger charge is -2.43. The summed E-state index contributed by atoms with van der Waals surface area (Å²) >= 11 is 0. The van der Waals surface area contributed by atoms with Gasteiger partial charge >= 0.3 is 0 Å². The zero-order valence-electron chi connectivity index (χ0n) is 15.1. The zero-order valence-corrected chi connectivity index (χ0v) is 15.1. The molecule has 1 aliphatic heterocycles. The second-order valence-corrected chi connectivity index (χ2v) is 7.64. The lowest BCUT2D eigenvalue weighted by Crippen LogP contribution is -2.50. The number of aliphatic hydroxyl groups is 1. The van der Waals surface area contributed by atoms with Crippen LogP contribution >= 0.6 is 0 Å². The molecule has 0 aromatic heterocycles. The molecule has 25 heavy (non-hydrogen) atoms. The van der Waals surface area contributed by atoms with Gasteiger partial charge in [-0.15, -0.1) is 0 Å². The number of rotatable bonds is 4. The number of benzene rings is 1. The van der Waals surface area contributed by atoms with Crippen LogP contribution in [-0.2, 0) is 11.2 Å². The normalized spacial score (nSPS) is 29.7. The van der Waals surface area contributed by atoms with Crippen LogP contribution in [0.25, 0.3) is 0 Å². The molecule has 1 heterocycles. The van der Waals surface area contributed by atoms with Crippen LogP contribution in [0, 0.1) is 11.7 Å². The fourth-order valence-corrected chi connectivity index (χ4v) is 4.62. The Hall–Kier alpha value is -1.62. The minimum atomic E-state index is -0.706. The summed E-state index contributed by atoms with van der Waals surface area (Å²) in [7, 11) is 1.53. The molecule has 2 fully saturated rings. The minimum absolute atomic E-state index is 0.00669. The molecular weight excluding hydrogens is 321 g/mol. The molecule has 1 aliphatic carbocycles. The van der Waals surface area contributed by atoms with Crippen molar-refractivity contribution in [3.63, 3.8) is 0 Å². The maximum absolute atomic E-state index is 13.6. The van der Waals surface area contributed by atoms with Crippen molar-refractivity contribution in [1.82, 2.24) is 4.90 Å². The first-order valence-electron chi connectivity index (χ1n) is 9.26. The van der Waals surface area contributed by atoms with Gasteiger partial charge in [-0.25, -0.2) is 4.39 Å². The van der Waals surface area contributed by atoms with Crippen LogP contribution in [0.4, 0.5) is 4.39 Å². The van der Waals surface area contributed by atoms with Gasteiger partial charge in [-0.2, -0.15) is 0 Å². The van der Waals surface area contributed by atoms with Gasteiger partial charge < -0.3 is 14.7 Å². The standard InChI is InChI=1S/C20H28FNO3/c1-20(24)10-4-3-6-16(20)17-7-5-11-22(17)19(23)13-14-12-15(21)8-9-18(14)25-2/h8-9,12,16-17,24H,3-7,10-11,13H2,1-2H3/t16-,17-,20-/m1/s1. The highest BCUT2D eigenvalue weighted by Gasteiger charge is 2.44. The van der Waals surface area contributed by atoms with Crippen LogP contribution in [-0.4, -0.2) is 41.2 Å². The van der Waals surface area contributed by atoms with E-state index in [2.05, 4.69) is 0 Å². The number of carbonyl (C=O) groups is 1. The van der Waals surface area contributed by atoms with Crippen LogP contribution in [0.2, 0.25) is 0 Å². The van der Waals surface area contributed by atoms with Gasteiger partial charge in [0.1, 0.15) is 11.6 Å². The van der Waals surface area contributed by atoms with Crippen molar-refractivity contribution in [3.05, 3.63) is 29.6 Å². The minimum Gasteiger partial charge on any atom is -0.496 e. The van der Waals surface area contributed by atoms with E-state index in [1.165, 1.54) is 19.2 Å². The first-order chi connectivity index (χ1) is 11.9. The summed E-state index contributed by atoms with van der Waals surface area (Å²) in [5.74, 6) is 0.293. The molecule has 0 radical (unpaired) electrons. The van der Waals surface area contributed by atoms with Gasteiger partial charge in [0.25, 0.3) is 0 Å². The molecule has 2 aliphatic rings. The molecule has 0 unspecified atom stereocenters. The summed E-state index contributed by atoms with van der Waals surface area (Å²) in [6.45, 7) is 2.63. The number of hydrogen-bond acceptors (Lipinski definition) is 3. The molecule has 0 spiro atoms. The Balaban J connectivity index is 1.76. The van der Waals surface area contributed by atoms with Crippen LogP contribution in [0.3, 0.4) is 0 Å². The van der Waals surface area contributed by atoms with Crippen LogP contribution in [0.1, 0.15) is 51.0 Å². The van der Waals surface area contributed by atoms with Gasteiger partial charge in [0.15, 0.2) is 0 Å². The van der Waals surface area contributed by atoms with E-state index < -0.39 is 5.60 Å². The zero-order chi connectivity index (χ0) is 18.0. The number of amides is 1. The van der Waals surface area contributed by atoms with Gasteiger partial charge in [0.2, 0.25) is 5.91 Å². The van der Waals surface area contributed by atoms with E-state index >= 15 is 0 Å². The number of hydrogen-bond donors (Lipinski definition) is 1. The Labute approximate surface area is 149 Å². The lowest BCUT2D eigenvalue weighted by molar-refractivity contribution is -0.135. The van der Waals surface area contributed by atoms with E-state index in [1.807, 2.05) is 11.8 Å². The van der Waals surface area contributed by atoms with Crippen molar-refractivity contribution in [1.29, 1.82) is 0 Å². The third-order valence-electron chi connectivity index (χ3n) is 5.92. The Kier molecular flexibility index (Phi) is 5.32. The van der Waals surface area contributed by atoms with E-state index in [0.717, 1.165) is 38.5 Å². The van der Waals surface area contributed by atoms with Crippen LogP contribution in [0.5, 0.6) is 5.75 Å². The first-order valence-corrected chi connectivity index (χ1v) is 9.26. The first kappa shape index (κ1) is 18.2. The van der Waals surface area contributed by atoms with Gasteiger partial charge in [0, 0.05) is 24.1 Å². The smallest absolute Gasteiger partial charge is 0.227 e. The molecule has 1 N–H and O–H groups in total. The summed E-state index contributed by atoms with van der Waals surface area (Å²) in [5.41, 5.74) is -0.129. The lowest BCUT2D eigenvalue weighted by atomic mass is 9.72. The molecule has 138 valence electrons. The average Bonchev–Trinajstić information content (AvgIpc) is 3.04. The molecule has 1 saturated carbocycles. The van der Waals surface area contributed by atoms with Crippen molar-refractivity contribution in [2.45, 2.75) is 63.5 Å². The molecule has 5 heteroatoms. The summed E-state index contributed by atoms with van der Waals surface area (Å²) in [4.78, 5) is 14.8. The van der Waals surface area contributed by atoms with Gasteiger partial charge in [0.05, 0.1) is 19.1 Å². The quantitative estimate of drug-likeness (QED) is 0.907. The molecule has 3 rings (SSSR count). The average molecular weight is 349 g/mol. The molecule has 0 bridgehead atoms. The SMILES string of the molecule is COc1ccc(F)cc1CC(=O)N1CCC[C@@H]1[C@H]1CCCC[C@@]1(C)O. The molecule has 1 aromatic rings. The summed E-state index contributed by atoms with van der Waals surface area (Å²) in [5, 5.41) is 10.8. The van der Waals surface area contributed by atoms with E-state index in [-0.39, 0.29) is 30.1 Å². The fraction of sp³-hybridized carbons (Fsp3) is 0.650. The maximum atomic E-state index is 13.6. The van der Waals surface area contributed by atoms with Crippen molar-refractivity contribution in [2.75, 3.05) is 13.7 Å². The molecule has 3 atom stereocenters. The van der Waals surface area contributed by atoms with Crippen LogP contribution in [0.15, 0.2) is 18.2 Å². The Morgan fingerprint density at radius 3 is 2.88 bits per heavy atom. The number of nitrogens with zero attached hydrogens (tertiary/aromatic N) is 1.